The van der Waals surface area contributed by atoms with E-state index in [1.807, 2.05) is 18.7 Å². The van der Waals surface area contributed by atoms with E-state index < -0.39 is 6.04 Å². The first-order valence-electron chi connectivity index (χ1n) is 6.67. The van der Waals surface area contributed by atoms with Gasteiger partial charge < -0.3 is 10.6 Å². The van der Waals surface area contributed by atoms with Gasteiger partial charge in [-0.25, -0.2) is 0 Å². The van der Waals surface area contributed by atoms with Crippen LogP contribution < -0.4 is 10.6 Å². The summed E-state index contributed by atoms with van der Waals surface area (Å²) in [6, 6.07) is 5.88. The molecule has 0 aliphatic carbocycles. The summed E-state index contributed by atoms with van der Waals surface area (Å²) in [6.45, 7) is 6.85. The van der Waals surface area contributed by atoms with E-state index in [2.05, 4.69) is 25.1 Å². The minimum Gasteiger partial charge on any atom is -0.320 e. The van der Waals surface area contributed by atoms with Gasteiger partial charge >= 0.3 is 0 Å². The molecule has 0 radical (unpaired) electrons. The molecule has 3 nitrogen and oxygen atoms in total. The lowest BCUT2D eigenvalue weighted by molar-refractivity contribution is -0.120. The summed E-state index contributed by atoms with van der Waals surface area (Å²) in [4.78, 5) is 14.3. The van der Waals surface area contributed by atoms with E-state index in [0.717, 1.165) is 25.1 Å². The molecule has 18 heavy (non-hydrogen) atoms. The fraction of sp³-hybridized carbons (Fsp3) is 0.533. The SMILES string of the molecule is Cc1ccc2c(c1)CCCN2C(=O)[C@@H](N)C(C)C. The predicted molar refractivity (Wildman–Crippen MR) is 74.7 cm³/mol. The van der Waals surface area contributed by atoms with Crippen molar-refractivity contribution in [2.24, 2.45) is 11.7 Å². The Morgan fingerprint density at radius 3 is 2.78 bits per heavy atom. The molecule has 98 valence electrons. The second kappa shape index (κ2) is 5.11. The zero-order valence-electron chi connectivity index (χ0n) is 11.4. The lowest BCUT2D eigenvalue weighted by Crippen LogP contribution is -2.48. The summed E-state index contributed by atoms with van der Waals surface area (Å²) in [6.07, 6.45) is 2.07. The molecule has 1 heterocycles. The molecular weight excluding hydrogens is 224 g/mol. The molecule has 0 saturated carbocycles. The number of hydrogen-bond acceptors (Lipinski definition) is 2. The number of anilines is 1. The molecule has 1 aromatic carbocycles. The van der Waals surface area contributed by atoms with Crippen LogP contribution in [0.25, 0.3) is 0 Å². The third-order valence-corrected chi connectivity index (χ3v) is 3.62. The number of carbonyl (C=O) groups excluding carboxylic acids is 1. The van der Waals surface area contributed by atoms with Gasteiger partial charge in [-0.05, 0) is 37.3 Å². The molecule has 1 aromatic rings. The number of carbonyl (C=O) groups is 1. The molecule has 3 heteroatoms. The van der Waals surface area contributed by atoms with Crippen LogP contribution in [0.3, 0.4) is 0 Å². The molecular formula is C15H22N2O. The molecule has 0 fully saturated rings. The first-order valence-corrected chi connectivity index (χ1v) is 6.67. The zero-order chi connectivity index (χ0) is 13.3. The number of rotatable bonds is 2. The van der Waals surface area contributed by atoms with Crippen molar-refractivity contribution in [1.29, 1.82) is 0 Å². The monoisotopic (exact) mass is 246 g/mol. The molecule has 0 spiro atoms. The largest absolute Gasteiger partial charge is 0.320 e. The van der Waals surface area contributed by atoms with Crippen LogP contribution in [0.15, 0.2) is 18.2 Å². The van der Waals surface area contributed by atoms with Gasteiger partial charge in [0.05, 0.1) is 6.04 Å². The van der Waals surface area contributed by atoms with E-state index in [-0.39, 0.29) is 11.8 Å². The van der Waals surface area contributed by atoms with Gasteiger partial charge in [0.25, 0.3) is 0 Å². The molecule has 1 atom stereocenters. The Kier molecular flexibility index (Phi) is 3.71. The van der Waals surface area contributed by atoms with Crippen LogP contribution in [0.4, 0.5) is 5.69 Å². The van der Waals surface area contributed by atoms with Crippen molar-refractivity contribution in [1.82, 2.24) is 0 Å². The van der Waals surface area contributed by atoms with Gasteiger partial charge in [-0.15, -0.1) is 0 Å². The standard InChI is InChI=1S/C15H22N2O/c1-10(2)14(16)15(18)17-8-4-5-12-9-11(3)6-7-13(12)17/h6-7,9-10,14H,4-5,8,16H2,1-3H3/t14-/m0/s1. The maximum Gasteiger partial charge on any atom is 0.244 e. The number of benzene rings is 1. The third-order valence-electron chi connectivity index (χ3n) is 3.62. The first kappa shape index (κ1) is 13.1. The van der Waals surface area contributed by atoms with Gasteiger partial charge in [0.1, 0.15) is 0 Å². The first-order chi connectivity index (χ1) is 8.50. The minimum atomic E-state index is -0.405. The van der Waals surface area contributed by atoms with E-state index in [9.17, 15) is 4.79 Å². The summed E-state index contributed by atoms with van der Waals surface area (Å²) < 4.78 is 0. The number of hydrogen-bond donors (Lipinski definition) is 1. The van der Waals surface area contributed by atoms with Gasteiger partial charge in [0.15, 0.2) is 0 Å². The maximum absolute atomic E-state index is 12.4. The molecule has 2 rings (SSSR count). The van der Waals surface area contributed by atoms with Crippen molar-refractivity contribution in [3.63, 3.8) is 0 Å². The highest BCUT2D eigenvalue weighted by Crippen LogP contribution is 2.28. The third kappa shape index (κ3) is 2.41. The van der Waals surface area contributed by atoms with Gasteiger partial charge in [-0.3, -0.25) is 4.79 Å². The Morgan fingerprint density at radius 1 is 1.39 bits per heavy atom. The lowest BCUT2D eigenvalue weighted by Gasteiger charge is -2.32. The summed E-state index contributed by atoms with van der Waals surface area (Å²) in [5, 5.41) is 0. The van der Waals surface area contributed by atoms with E-state index in [4.69, 9.17) is 5.73 Å². The van der Waals surface area contributed by atoms with Crippen LogP contribution in [0.2, 0.25) is 0 Å². The van der Waals surface area contributed by atoms with Crippen LogP contribution in [0, 0.1) is 12.8 Å². The number of nitrogens with two attached hydrogens (primary N) is 1. The van der Waals surface area contributed by atoms with Crippen LogP contribution in [0.5, 0.6) is 0 Å². The van der Waals surface area contributed by atoms with E-state index in [1.165, 1.54) is 11.1 Å². The van der Waals surface area contributed by atoms with E-state index >= 15 is 0 Å². The van der Waals surface area contributed by atoms with Crippen molar-refractivity contribution >= 4 is 11.6 Å². The molecule has 0 saturated heterocycles. The van der Waals surface area contributed by atoms with Crippen molar-refractivity contribution < 1.29 is 4.79 Å². The summed E-state index contributed by atoms with van der Waals surface area (Å²) >= 11 is 0. The molecule has 0 aromatic heterocycles. The normalized spacial score (nSPS) is 16.6. The molecule has 0 unspecified atom stereocenters. The van der Waals surface area contributed by atoms with Gasteiger partial charge in [-0.1, -0.05) is 31.5 Å². The van der Waals surface area contributed by atoms with Gasteiger partial charge in [0, 0.05) is 12.2 Å². The number of nitrogens with zero attached hydrogens (tertiary/aromatic N) is 1. The predicted octanol–water partition coefficient (Wildman–Crippen LogP) is 2.26. The Labute approximate surface area is 109 Å². The number of amides is 1. The molecule has 1 aliphatic heterocycles. The molecule has 2 N–H and O–H groups in total. The van der Waals surface area contributed by atoms with Crippen molar-refractivity contribution in [2.75, 3.05) is 11.4 Å². The smallest absolute Gasteiger partial charge is 0.244 e. The van der Waals surface area contributed by atoms with Crippen molar-refractivity contribution in [2.45, 2.75) is 39.7 Å². The zero-order valence-corrected chi connectivity index (χ0v) is 11.4. The average molecular weight is 246 g/mol. The highest BCUT2D eigenvalue weighted by atomic mass is 16.2. The van der Waals surface area contributed by atoms with E-state index in [1.54, 1.807) is 0 Å². The maximum atomic E-state index is 12.4. The summed E-state index contributed by atoms with van der Waals surface area (Å²) in [5.74, 6) is 0.225. The highest BCUT2D eigenvalue weighted by molar-refractivity contribution is 5.98. The summed E-state index contributed by atoms with van der Waals surface area (Å²) in [5.41, 5.74) is 9.55. The van der Waals surface area contributed by atoms with Crippen molar-refractivity contribution in [3.8, 4) is 0 Å². The fourth-order valence-electron chi connectivity index (χ4n) is 2.42. The molecule has 1 amide bonds. The average Bonchev–Trinajstić information content (AvgIpc) is 2.35. The fourth-order valence-corrected chi connectivity index (χ4v) is 2.42. The lowest BCUT2D eigenvalue weighted by atomic mass is 9.97. The van der Waals surface area contributed by atoms with E-state index in [0.29, 0.717) is 0 Å². The Hall–Kier alpha value is -1.35. The Balaban J connectivity index is 2.30. The highest BCUT2D eigenvalue weighted by Gasteiger charge is 2.27. The van der Waals surface area contributed by atoms with Crippen LogP contribution in [0.1, 0.15) is 31.4 Å². The molecule has 1 aliphatic rings. The Bertz CT molecular complexity index is 454. The second-order valence-electron chi connectivity index (χ2n) is 5.50. The van der Waals surface area contributed by atoms with Gasteiger partial charge in [-0.2, -0.15) is 0 Å². The van der Waals surface area contributed by atoms with Crippen LogP contribution >= 0.6 is 0 Å². The molecule has 0 bridgehead atoms. The minimum absolute atomic E-state index is 0.0507. The quantitative estimate of drug-likeness (QED) is 0.870. The van der Waals surface area contributed by atoms with Crippen LogP contribution in [-0.4, -0.2) is 18.5 Å². The number of aryl methyl sites for hydroxylation is 2. The van der Waals surface area contributed by atoms with Crippen molar-refractivity contribution in [3.05, 3.63) is 29.3 Å². The van der Waals surface area contributed by atoms with Gasteiger partial charge in [0.2, 0.25) is 5.91 Å². The summed E-state index contributed by atoms with van der Waals surface area (Å²) in [7, 11) is 0. The Morgan fingerprint density at radius 2 is 2.11 bits per heavy atom. The second-order valence-corrected chi connectivity index (χ2v) is 5.50. The van der Waals surface area contributed by atoms with Crippen LogP contribution in [-0.2, 0) is 11.2 Å². The topological polar surface area (TPSA) is 46.3 Å². The number of fused-ring (bicyclic) bond motifs is 1.